The van der Waals surface area contributed by atoms with Gasteiger partial charge in [-0.05, 0) is 49.4 Å². The number of rotatable bonds is 6. The van der Waals surface area contributed by atoms with Gasteiger partial charge in [-0.25, -0.2) is 4.68 Å². The van der Waals surface area contributed by atoms with Crippen molar-refractivity contribution in [1.29, 1.82) is 0 Å². The quantitative estimate of drug-likeness (QED) is 0.552. The van der Waals surface area contributed by atoms with Gasteiger partial charge in [0.05, 0.1) is 11.4 Å². The van der Waals surface area contributed by atoms with Crippen LogP contribution in [0.15, 0.2) is 73.1 Å². The zero-order chi connectivity index (χ0) is 20.2. The summed E-state index contributed by atoms with van der Waals surface area (Å²) < 4.78 is 3.70. The van der Waals surface area contributed by atoms with Gasteiger partial charge in [0.2, 0.25) is 0 Å². The Balaban J connectivity index is 1.61. The third-order valence-electron chi connectivity index (χ3n) is 4.82. The van der Waals surface area contributed by atoms with E-state index < -0.39 is 0 Å². The summed E-state index contributed by atoms with van der Waals surface area (Å²) in [5.41, 5.74) is 5.18. The van der Waals surface area contributed by atoms with E-state index >= 15 is 0 Å². The van der Waals surface area contributed by atoms with Gasteiger partial charge in [0, 0.05) is 38.1 Å². The maximum absolute atomic E-state index is 13.0. The number of aryl methyl sites for hydroxylation is 2. The van der Waals surface area contributed by atoms with Crippen LogP contribution in [0, 0.1) is 6.92 Å². The summed E-state index contributed by atoms with van der Waals surface area (Å²) in [4.78, 5) is 17.3. The molecule has 3 heterocycles. The molecule has 0 fully saturated rings. The smallest absolute Gasteiger partial charge is 0.270 e. The van der Waals surface area contributed by atoms with Gasteiger partial charge >= 0.3 is 0 Å². The fraction of sp³-hybridized carbons (Fsp3) is 0.174. The molecule has 0 aliphatic carbocycles. The van der Waals surface area contributed by atoms with Crippen molar-refractivity contribution in [2.45, 2.75) is 13.3 Å². The van der Waals surface area contributed by atoms with Crippen molar-refractivity contribution in [3.8, 4) is 17.1 Å². The lowest BCUT2D eigenvalue weighted by atomic mass is 10.2. The van der Waals surface area contributed by atoms with Crippen molar-refractivity contribution < 1.29 is 4.79 Å². The van der Waals surface area contributed by atoms with E-state index in [1.807, 2.05) is 85.4 Å². The van der Waals surface area contributed by atoms with Crippen LogP contribution >= 0.6 is 0 Å². The van der Waals surface area contributed by atoms with Crippen molar-refractivity contribution in [1.82, 2.24) is 24.6 Å². The number of carbonyl (C=O) groups is 1. The first-order valence-corrected chi connectivity index (χ1v) is 9.59. The Morgan fingerprint density at radius 2 is 1.90 bits per heavy atom. The van der Waals surface area contributed by atoms with E-state index in [0.717, 1.165) is 28.3 Å². The van der Waals surface area contributed by atoms with Crippen LogP contribution in [0.25, 0.3) is 17.1 Å². The summed E-state index contributed by atoms with van der Waals surface area (Å²) in [7, 11) is 1.97. The second-order valence-electron chi connectivity index (χ2n) is 6.99. The summed E-state index contributed by atoms with van der Waals surface area (Å²) in [6, 6.07) is 19.6. The van der Waals surface area contributed by atoms with Gasteiger partial charge in [0.25, 0.3) is 5.91 Å². The third-order valence-corrected chi connectivity index (χ3v) is 4.82. The summed E-state index contributed by atoms with van der Waals surface area (Å²) in [6.07, 6.45) is 4.40. The molecule has 0 unspecified atom stereocenters. The van der Waals surface area contributed by atoms with E-state index in [4.69, 9.17) is 5.10 Å². The highest BCUT2D eigenvalue weighted by molar-refractivity contribution is 5.94. The van der Waals surface area contributed by atoms with Crippen molar-refractivity contribution in [2.75, 3.05) is 6.54 Å². The monoisotopic (exact) mass is 385 g/mol. The summed E-state index contributed by atoms with van der Waals surface area (Å²) in [5.74, 6) is -0.158. The van der Waals surface area contributed by atoms with Gasteiger partial charge in [-0.3, -0.25) is 9.78 Å². The Hall–Kier alpha value is -3.67. The number of amides is 1. The Labute approximate surface area is 169 Å². The van der Waals surface area contributed by atoms with Crippen LogP contribution in [0.4, 0.5) is 0 Å². The van der Waals surface area contributed by atoms with E-state index in [1.165, 1.54) is 0 Å². The van der Waals surface area contributed by atoms with Gasteiger partial charge in [-0.15, -0.1) is 0 Å². The van der Waals surface area contributed by atoms with Crippen LogP contribution in [0.3, 0.4) is 0 Å². The average Bonchev–Trinajstić information content (AvgIpc) is 3.35. The molecule has 1 N–H and O–H groups in total. The number of benzene rings is 1. The first kappa shape index (κ1) is 18.7. The Morgan fingerprint density at radius 3 is 2.59 bits per heavy atom. The number of hydrogen-bond donors (Lipinski definition) is 1. The minimum Gasteiger partial charge on any atom is -0.350 e. The second kappa shape index (κ2) is 8.14. The number of aromatic nitrogens is 4. The fourth-order valence-corrected chi connectivity index (χ4v) is 3.22. The molecule has 0 spiro atoms. The largest absolute Gasteiger partial charge is 0.350 e. The highest BCUT2D eigenvalue weighted by Crippen LogP contribution is 2.22. The highest BCUT2D eigenvalue weighted by Gasteiger charge is 2.18. The molecule has 1 amide bonds. The van der Waals surface area contributed by atoms with Crippen molar-refractivity contribution in [2.24, 2.45) is 7.05 Å². The second-order valence-corrected chi connectivity index (χ2v) is 6.99. The molecule has 0 saturated heterocycles. The van der Waals surface area contributed by atoms with E-state index in [9.17, 15) is 4.79 Å². The minimum absolute atomic E-state index is 0.158. The van der Waals surface area contributed by atoms with Gasteiger partial charge in [0.15, 0.2) is 0 Å². The molecular formula is C23H23N5O. The first-order valence-electron chi connectivity index (χ1n) is 9.59. The molecule has 0 saturated carbocycles. The lowest BCUT2D eigenvalue weighted by Crippen LogP contribution is -2.28. The Bertz CT molecular complexity index is 1110. The van der Waals surface area contributed by atoms with E-state index in [1.54, 1.807) is 10.9 Å². The standard InChI is InChI=1S/C23H23N5O/c1-17-8-10-19(11-9-17)28-22(16-20(26-28)21-7-5-15-27(21)2)23(29)25-14-12-18-6-3-4-13-24-18/h3-11,13,15-16H,12,14H2,1-2H3,(H,25,29). The van der Waals surface area contributed by atoms with Crippen LogP contribution < -0.4 is 5.32 Å². The molecule has 6 heteroatoms. The first-order chi connectivity index (χ1) is 14.1. The summed E-state index contributed by atoms with van der Waals surface area (Å²) in [6.45, 7) is 2.54. The van der Waals surface area contributed by atoms with Crippen LogP contribution in [0.1, 0.15) is 21.7 Å². The molecule has 1 aromatic carbocycles. The lowest BCUT2D eigenvalue weighted by Gasteiger charge is -2.08. The normalized spacial score (nSPS) is 10.8. The molecule has 0 bridgehead atoms. The number of nitrogens with zero attached hydrogens (tertiary/aromatic N) is 4. The van der Waals surface area contributed by atoms with Crippen molar-refractivity contribution in [3.63, 3.8) is 0 Å². The Kier molecular flexibility index (Phi) is 5.24. The van der Waals surface area contributed by atoms with Crippen LogP contribution in [-0.4, -0.2) is 31.8 Å². The number of hydrogen-bond acceptors (Lipinski definition) is 3. The molecule has 0 aliphatic heterocycles. The molecule has 146 valence electrons. The zero-order valence-corrected chi connectivity index (χ0v) is 16.5. The van der Waals surface area contributed by atoms with Crippen molar-refractivity contribution in [3.05, 3.63) is 90.0 Å². The van der Waals surface area contributed by atoms with Crippen LogP contribution in [-0.2, 0) is 13.5 Å². The molecule has 3 aromatic heterocycles. The molecule has 0 aliphatic rings. The maximum Gasteiger partial charge on any atom is 0.270 e. The Morgan fingerprint density at radius 1 is 1.07 bits per heavy atom. The molecule has 0 radical (unpaired) electrons. The van der Waals surface area contributed by atoms with E-state index in [0.29, 0.717) is 18.7 Å². The number of pyridine rings is 1. The minimum atomic E-state index is -0.158. The van der Waals surface area contributed by atoms with Gasteiger partial charge in [-0.1, -0.05) is 23.8 Å². The molecule has 0 atom stereocenters. The molecule has 6 nitrogen and oxygen atoms in total. The van der Waals surface area contributed by atoms with Gasteiger partial charge in [0.1, 0.15) is 11.4 Å². The van der Waals surface area contributed by atoms with Gasteiger partial charge in [-0.2, -0.15) is 5.10 Å². The average molecular weight is 385 g/mol. The fourth-order valence-electron chi connectivity index (χ4n) is 3.22. The topological polar surface area (TPSA) is 64.7 Å². The number of carbonyl (C=O) groups excluding carboxylic acids is 1. The van der Waals surface area contributed by atoms with E-state index in [2.05, 4.69) is 10.3 Å². The third kappa shape index (κ3) is 4.11. The van der Waals surface area contributed by atoms with Crippen LogP contribution in [0.2, 0.25) is 0 Å². The van der Waals surface area contributed by atoms with Gasteiger partial charge < -0.3 is 9.88 Å². The summed E-state index contributed by atoms with van der Waals surface area (Å²) >= 11 is 0. The highest BCUT2D eigenvalue weighted by atomic mass is 16.2. The molecule has 29 heavy (non-hydrogen) atoms. The predicted octanol–water partition coefficient (Wildman–Crippen LogP) is 3.55. The number of nitrogens with one attached hydrogen (secondary N) is 1. The van der Waals surface area contributed by atoms with Crippen molar-refractivity contribution >= 4 is 5.91 Å². The maximum atomic E-state index is 13.0. The predicted molar refractivity (Wildman–Crippen MR) is 113 cm³/mol. The van der Waals surface area contributed by atoms with E-state index in [-0.39, 0.29) is 5.91 Å². The molecule has 4 rings (SSSR count). The zero-order valence-electron chi connectivity index (χ0n) is 16.5. The molecular weight excluding hydrogens is 362 g/mol. The lowest BCUT2D eigenvalue weighted by molar-refractivity contribution is 0.0946. The SMILES string of the molecule is Cc1ccc(-n2nc(-c3cccn3C)cc2C(=O)NCCc2ccccn2)cc1. The van der Waals surface area contributed by atoms with Crippen LogP contribution in [0.5, 0.6) is 0 Å². The molecule has 4 aromatic rings. The summed E-state index contributed by atoms with van der Waals surface area (Å²) in [5, 5.41) is 7.72.